The van der Waals surface area contributed by atoms with Crippen molar-refractivity contribution in [1.82, 2.24) is 9.88 Å². The molecule has 0 atom stereocenters. The molecule has 0 aliphatic carbocycles. The van der Waals surface area contributed by atoms with Gasteiger partial charge in [-0.25, -0.2) is 4.79 Å². The molecule has 4 heteroatoms. The van der Waals surface area contributed by atoms with Crippen LogP contribution in [0.2, 0.25) is 0 Å². The second kappa shape index (κ2) is 4.53. The Labute approximate surface area is 93.5 Å². The smallest absolute Gasteiger partial charge is 0.410 e. The summed E-state index contributed by atoms with van der Waals surface area (Å²) in [5.74, 6) is 0.523. The zero-order valence-corrected chi connectivity index (χ0v) is 8.88. The van der Waals surface area contributed by atoms with E-state index in [1.54, 1.807) is 12.1 Å². The summed E-state index contributed by atoms with van der Waals surface area (Å²) in [6, 6.07) is 11.2. The van der Waals surface area contributed by atoms with Crippen molar-refractivity contribution in [3.63, 3.8) is 0 Å². The summed E-state index contributed by atoms with van der Waals surface area (Å²) in [5.41, 5.74) is 1.02. The molecule has 4 nitrogen and oxygen atoms in total. The van der Waals surface area contributed by atoms with Gasteiger partial charge in [0.15, 0.2) is 0 Å². The van der Waals surface area contributed by atoms with Crippen molar-refractivity contribution in [2.24, 2.45) is 0 Å². The molecule has 0 spiro atoms. The molecule has 0 saturated heterocycles. The maximum absolute atomic E-state index is 11.0. The minimum atomic E-state index is -0.464. The first-order valence-electron chi connectivity index (χ1n) is 4.92. The largest absolute Gasteiger partial charge is 0.412 e. The second-order valence-electron chi connectivity index (χ2n) is 3.22. The van der Waals surface area contributed by atoms with Gasteiger partial charge in [-0.15, -0.1) is 0 Å². The second-order valence-corrected chi connectivity index (χ2v) is 3.22. The van der Waals surface area contributed by atoms with E-state index in [1.807, 2.05) is 41.2 Å². The van der Waals surface area contributed by atoms with Crippen molar-refractivity contribution >= 4 is 6.09 Å². The highest BCUT2D eigenvalue weighted by molar-refractivity contribution is 5.69. The number of rotatable bonds is 2. The lowest BCUT2D eigenvalue weighted by molar-refractivity contribution is 0.203. The number of nitrogens with zero attached hydrogens (tertiary/aromatic N) is 1. The zero-order valence-electron chi connectivity index (χ0n) is 8.88. The first-order chi connectivity index (χ1) is 7.79. The first kappa shape index (κ1) is 10.3. The van der Waals surface area contributed by atoms with E-state index in [0.717, 1.165) is 5.69 Å². The molecular weight excluding hydrogens is 204 g/mol. The van der Waals surface area contributed by atoms with Crippen molar-refractivity contribution in [2.75, 3.05) is 7.05 Å². The quantitative estimate of drug-likeness (QED) is 0.836. The van der Waals surface area contributed by atoms with Crippen molar-refractivity contribution < 1.29 is 9.53 Å². The van der Waals surface area contributed by atoms with Gasteiger partial charge < -0.3 is 14.6 Å². The van der Waals surface area contributed by atoms with E-state index < -0.39 is 6.09 Å². The number of ether oxygens (including phenoxy) is 1. The third-order valence-corrected chi connectivity index (χ3v) is 2.15. The number of amides is 1. The molecule has 16 heavy (non-hydrogen) atoms. The summed E-state index contributed by atoms with van der Waals surface area (Å²) in [4.78, 5) is 11.0. The average Bonchev–Trinajstić information content (AvgIpc) is 2.83. The molecule has 0 aliphatic rings. The summed E-state index contributed by atoms with van der Waals surface area (Å²) < 4.78 is 6.95. The molecule has 1 N–H and O–H groups in total. The fourth-order valence-corrected chi connectivity index (χ4v) is 1.35. The number of hydrogen-bond acceptors (Lipinski definition) is 2. The van der Waals surface area contributed by atoms with Crippen LogP contribution in [0, 0.1) is 0 Å². The standard InChI is InChI=1S/C12H12N2O2/c1-13-12(15)16-11-6-4-10(5-7-11)14-8-2-3-9-14/h2-9H,1H3,(H,13,15). The van der Waals surface area contributed by atoms with Gasteiger partial charge in [-0.2, -0.15) is 0 Å². The monoisotopic (exact) mass is 216 g/mol. The lowest BCUT2D eigenvalue weighted by atomic mass is 10.3. The number of carbonyl (C=O) groups is 1. The molecule has 2 rings (SSSR count). The van der Waals surface area contributed by atoms with Crippen LogP contribution in [-0.2, 0) is 0 Å². The first-order valence-corrected chi connectivity index (χ1v) is 4.92. The third-order valence-electron chi connectivity index (χ3n) is 2.15. The molecule has 0 fully saturated rings. The van der Waals surface area contributed by atoms with Gasteiger partial charge in [0.25, 0.3) is 0 Å². The van der Waals surface area contributed by atoms with Gasteiger partial charge in [0.1, 0.15) is 5.75 Å². The van der Waals surface area contributed by atoms with Crippen molar-refractivity contribution in [3.8, 4) is 11.4 Å². The molecule has 1 heterocycles. The minimum Gasteiger partial charge on any atom is -0.410 e. The SMILES string of the molecule is CNC(=O)Oc1ccc(-n2cccc2)cc1. The Balaban J connectivity index is 2.14. The fourth-order valence-electron chi connectivity index (χ4n) is 1.35. The molecule has 82 valence electrons. The van der Waals surface area contributed by atoms with Gasteiger partial charge in [-0.1, -0.05) is 0 Å². The predicted molar refractivity (Wildman–Crippen MR) is 60.9 cm³/mol. The molecule has 1 aromatic carbocycles. The van der Waals surface area contributed by atoms with E-state index >= 15 is 0 Å². The molecule has 0 unspecified atom stereocenters. The minimum absolute atomic E-state index is 0.464. The third kappa shape index (κ3) is 2.23. The highest BCUT2D eigenvalue weighted by atomic mass is 16.5. The van der Waals surface area contributed by atoms with Crippen LogP contribution in [-0.4, -0.2) is 17.7 Å². The Morgan fingerprint density at radius 2 is 1.81 bits per heavy atom. The lowest BCUT2D eigenvalue weighted by Crippen LogP contribution is -2.21. The summed E-state index contributed by atoms with van der Waals surface area (Å²) in [6.45, 7) is 0. The van der Waals surface area contributed by atoms with Gasteiger partial charge in [0.05, 0.1) is 0 Å². The van der Waals surface area contributed by atoms with Crippen molar-refractivity contribution in [3.05, 3.63) is 48.8 Å². The highest BCUT2D eigenvalue weighted by Gasteiger charge is 2.01. The molecule has 1 amide bonds. The van der Waals surface area contributed by atoms with E-state index in [0.29, 0.717) is 5.75 Å². The highest BCUT2D eigenvalue weighted by Crippen LogP contribution is 2.15. The van der Waals surface area contributed by atoms with E-state index in [2.05, 4.69) is 5.32 Å². The molecule has 0 saturated carbocycles. The number of aromatic nitrogens is 1. The zero-order chi connectivity index (χ0) is 11.4. The maximum atomic E-state index is 11.0. The van der Waals surface area contributed by atoms with Crippen LogP contribution in [0.4, 0.5) is 4.79 Å². The fraction of sp³-hybridized carbons (Fsp3) is 0.0833. The Hall–Kier alpha value is -2.23. The van der Waals surface area contributed by atoms with Crippen LogP contribution < -0.4 is 10.1 Å². The number of carbonyl (C=O) groups excluding carboxylic acids is 1. The topological polar surface area (TPSA) is 43.3 Å². The van der Waals surface area contributed by atoms with Crippen LogP contribution >= 0.6 is 0 Å². The Morgan fingerprint density at radius 1 is 1.19 bits per heavy atom. The van der Waals surface area contributed by atoms with Gasteiger partial charge in [0.2, 0.25) is 0 Å². The molecular formula is C12H12N2O2. The van der Waals surface area contributed by atoms with Crippen LogP contribution in [0.25, 0.3) is 5.69 Å². The summed E-state index contributed by atoms with van der Waals surface area (Å²) in [7, 11) is 1.52. The molecule has 0 aliphatic heterocycles. The van der Waals surface area contributed by atoms with Gasteiger partial charge in [-0.05, 0) is 36.4 Å². The van der Waals surface area contributed by atoms with E-state index in [9.17, 15) is 4.79 Å². The molecule has 0 bridgehead atoms. The molecule has 1 aromatic heterocycles. The average molecular weight is 216 g/mol. The summed E-state index contributed by atoms with van der Waals surface area (Å²) >= 11 is 0. The normalized spacial score (nSPS) is 9.81. The van der Waals surface area contributed by atoms with Crippen LogP contribution in [0.3, 0.4) is 0 Å². The number of nitrogens with one attached hydrogen (secondary N) is 1. The Bertz CT molecular complexity index is 460. The molecule has 0 radical (unpaired) electrons. The number of hydrogen-bond donors (Lipinski definition) is 1. The van der Waals surface area contributed by atoms with Gasteiger partial charge >= 0.3 is 6.09 Å². The molecule has 2 aromatic rings. The van der Waals surface area contributed by atoms with E-state index in [1.165, 1.54) is 7.05 Å². The van der Waals surface area contributed by atoms with Crippen molar-refractivity contribution in [1.29, 1.82) is 0 Å². The van der Waals surface area contributed by atoms with Gasteiger partial charge in [-0.3, -0.25) is 0 Å². The predicted octanol–water partition coefficient (Wildman–Crippen LogP) is 2.20. The number of benzene rings is 1. The van der Waals surface area contributed by atoms with Crippen molar-refractivity contribution in [2.45, 2.75) is 0 Å². The maximum Gasteiger partial charge on any atom is 0.412 e. The van der Waals surface area contributed by atoms with E-state index in [4.69, 9.17) is 4.74 Å². The van der Waals surface area contributed by atoms with Gasteiger partial charge in [0, 0.05) is 25.1 Å². The Kier molecular flexibility index (Phi) is 2.91. The van der Waals surface area contributed by atoms with Crippen LogP contribution in [0.15, 0.2) is 48.8 Å². The van der Waals surface area contributed by atoms with E-state index in [-0.39, 0.29) is 0 Å². The Morgan fingerprint density at radius 3 is 2.38 bits per heavy atom. The van der Waals surface area contributed by atoms with Crippen LogP contribution in [0.1, 0.15) is 0 Å². The summed E-state index contributed by atoms with van der Waals surface area (Å²) in [6.07, 6.45) is 3.44. The lowest BCUT2D eigenvalue weighted by Gasteiger charge is -2.05. The van der Waals surface area contributed by atoms with Crippen LogP contribution in [0.5, 0.6) is 5.75 Å². The summed E-state index contributed by atoms with van der Waals surface area (Å²) in [5, 5.41) is 2.39.